The molecule has 0 aliphatic heterocycles. The smallest absolute Gasteiger partial charge is 0.309 e. The summed E-state index contributed by atoms with van der Waals surface area (Å²) in [5.74, 6) is 0. The molecule has 0 bridgehead atoms. The second-order valence-electron chi connectivity index (χ2n) is 3.67. The van der Waals surface area contributed by atoms with Gasteiger partial charge in [-0.15, -0.1) is 0 Å². The highest BCUT2D eigenvalue weighted by Gasteiger charge is 2.37. The van der Waals surface area contributed by atoms with E-state index in [0.717, 1.165) is 0 Å². The first-order chi connectivity index (χ1) is 8.88. The van der Waals surface area contributed by atoms with Gasteiger partial charge in [-0.2, -0.15) is 0 Å². The summed E-state index contributed by atoms with van der Waals surface area (Å²) in [7, 11) is -2.05. The van der Waals surface area contributed by atoms with Crippen LogP contribution in [0.15, 0.2) is 18.2 Å². The molecule has 0 saturated heterocycles. The number of rotatable bonds is 6. The van der Waals surface area contributed by atoms with Gasteiger partial charge in [0.25, 0.3) is 0 Å². The zero-order chi connectivity index (χ0) is 14.7. The average molecular weight is 308 g/mol. The summed E-state index contributed by atoms with van der Waals surface area (Å²) in [6.07, 6.45) is 0. The Morgan fingerprint density at radius 1 is 0.842 bits per heavy atom. The van der Waals surface area contributed by atoms with Crippen molar-refractivity contribution in [3.8, 4) is 0 Å². The molecule has 0 spiro atoms. The Balaban J connectivity index is 3.65. The van der Waals surface area contributed by atoms with Crippen LogP contribution in [0.4, 0.5) is 0 Å². The molecule has 6 nitrogen and oxygen atoms in total. The van der Waals surface area contributed by atoms with E-state index in [1.807, 2.05) is 0 Å². The Hall–Kier alpha value is -0.480. The zero-order valence-electron chi connectivity index (χ0n) is 11.6. The molecule has 0 fully saturated rings. The molecule has 0 atom stereocenters. The van der Waals surface area contributed by atoms with Crippen molar-refractivity contribution in [2.24, 2.45) is 0 Å². The van der Waals surface area contributed by atoms with Gasteiger partial charge in [0, 0.05) is 28.4 Å². The molecule has 0 radical (unpaired) electrons. The van der Waals surface area contributed by atoms with E-state index < -0.39 is 15.2 Å². The van der Waals surface area contributed by atoms with Crippen LogP contribution >= 0.6 is 15.2 Å². The second kappa shape index (κ2) is 6.31. The highest BCUT2D eigenvalue weighted by molar-refractivity contribution is 7.68. The topological polar surface area (TPSA) is 71.1 Å². The molecule has 0 amide bonds. The second-order valence-corrected chi connectivity index (χ2v) is 8.05. The van der Waals surface area contributed by atoms with Crippen molar-refractivity contribution in [1.29, 1.82) is 0 Å². The van der Waals surface area contributed by atoms with Crippen LogP contribution in [-0.4, -0.2) is 28.4 Å². The molecule has 0 N–H and O–H groups in total. The van der Waals surface area contributed by atoms with Crippen LogP contribution < -0.4 is 10.6 Å². The minimum Gasteiger partial charge on any atom is -0.309 e. The fourth-order valence-electron chi connectivity index (χ4n) is 1.75. The van der Waals surface area contributed by atoms with Crippen molar-refractivity contribution in [2.45, 2.75) is 6.92 Å². The molecule has 1 aromatic carbocycles. The molecule has 1 rings (SSSR count). The van der Waals surface area contributed by atoms with Crippen LogP contribution in [0.1, 0.15) is 5.56 Å². The summed E-state index contributed by atoms with van der Waals surface area (Å²) in [6, 6.07) is 4.93. The van der Waals surface area contributed by atoms with Crippen LogP contribution in [0.3, 0.4) is 0 Å². The minimum absolute atomic E-state index is 0.185. The fraction of sp³-hybridized carbons (Fsp3) is 0.455. The molecule has 0 unspecified atom stereocenters. The van der Waals surface area contributed by atoms with Crippen molar-refractivity contribution in [3.63, 3.8) is 0 Å². The van der Waals surface area contributed by atoms with Gasteiger partial charge in [0.15, 0.2) is 0 Å². The summed E-state index contributed by atoms with van der Waals surface area (Å²) < 4.78 is 45.0. The number of hydrogen-bond acceptors (Lipinski definition) is 6. The SMILES string of the molecule is COP(=O)(OC)c1cccc(C)c1P(=O)(OC)OC. The van der Waals surface area contributed by atoms with Gasteiger partial charge in [-0.3, -0.25) is 9.13 Å². The Labute approximate surface area is 113 Å². The van der Waals surface area contributed by atoms with E-state index in [1.165, 1.54) is 34.5 Å². The Bertz CT molecular complexity index is 526. The van der Waals surface area contributed by atoms with E-state index in [2.05, 4.69) is 0 Å². The summed E-state index contributed by atoms with van der Waals surface area (Å²) in [5.41, 5.74) is 0.624. The molecular weight excluding hydrogens is 290 g/mol. The van der Waals surface area contributed by atoms with E-state index in [-0.39, 0.29) is 10.6 Å². The van der Waals surface area contributed by atoms with E-state index in [1.54, 1.807) is 19.1 Å². The summed E-state index contributed by atoms with van der Waals surface area (Å²) >= 11 is 0. The molecule has 0 aliphatic rings. The van der Waals surface area contributed by atoms with Crippen molar-refractivity contribution >= 4 is 25.8 Å². The first-order valence-electron chi connectivity index (χ1n) is 5.42. The van der Waals surface area contributed by atoms with Crippen molar-refractivity contribution < 1.29 is 27.2 Å². The number of hydrogen-bond donors (Lipinski definition) is 0. The molecule has 8 heteroatoms. The summed E-state index contributed by atoms with van der Waals surface area (Å²) in [6.45, 7) is 1.72. The van der Waals surface area contributed by atoms with Crippen LogP contribution in [0.25, 0.3) is 0 Å². The molecular formula is C11H18O6P2. The van der Waals surface area contributed by atoms with Crippen molar-refractivity contribution in [2.75, 3.05) is 28.4 Å². The molecule has 0 aliphatic carbocycles. The van der Waals surface area contributed by atoms with Crippen LogP contribution in [0, 0.1) is 6.92 Å². The van der Waals surface area contributed by atoms with Crippen LogP contribution in [-0.2, 0) is 27.2 Å². The maximum absolute atomic E-state index is 12.6. The lowest BCUT2D eigenvalue weighted by Gasteiger charge is -2.22. The number of benzene rings is 1. The lowest BCUT2D eigenvalue weighted by molar-refractivity contribution is 0.283. The Morgan fingerprint density at radius 2 is 1.32 bits per heavy atom. The third-order valence-electron chi connectivity index (χ3n) is 2.75. The Kier molecular flexibility index (Phi) is 5.51. The predicted octanol–water partition coefficient (Wildman–Crippen LogP) is 2.22. The molecule has 19 heavy (non-hydrogen) atoms. The van der Waals surface area contributed by atoms with Gasteiger partial charge in [0.2, 0.25) is 0 Å². The molecule has 0 saturated carbocycles. The quantitative estimate of drug-likeness (QED) is 0.750. The largest absolute Gasteiger partial charge is 0.362 e. The van der Waals surface area contributed by atoms with Gasteiger partial charge in [-0.05, 0) is 18.6 Å². The summed E-state index contributed by atoms with van der Waals surface area (Å²) in [4.78, 5) is 0. The van der Waals surface area contributed by atoms with Gasteiger partial charge in [0.05, 0.1) is 10.6 Å². The first-order valence-corrected chi connectivity index (χ1v) is 8.50. The lowest BCUT2D eigenvalue weighted by Crippen LogP contribution is -2.29. The van der Waals surface area contributed by atoms with Crippen molar-refractivity contribution in [3.05, 3.63) is 23.8 Å². The van der Waals surface area contributed by atoms with E-state index in [0.29, 0.717) is 5.56 Å². The fourth-order valence-corrected chi connectivity index (χ4v) is 5.11. The van der Waals surface area contributed by atoms with Gasteiger partial charge in [-0.1, -0.05) is 12.1 Å². The molecule has 1 aromatic rings. The summed E-state index contributed by atoms with van der Waals surface area (Å²) in [5, 5.41) is 0.400. The van der Waals surface area contributed by atoms with Gasteiger partial charge >= 0.3 is 15.2 Å². The minimum atomic E-state index is -3.56. The highest BCUT2D eigenvalue weighted by atomic mass is 31.2. The first kappa shape index (κ1) is 16.6. The lowest BCUT2D eigenvalue weighted by atomic mass is 10.2. The monoisotopic (exact) mass is 308 g/mol. The van der Waals surface area contributed by atoms with Crippen LogP contribution in [0.5, 0.6) is 0 Å². The van der Waals surface area contributed by atoms with Crippen LogP contribution in [0.2, 0.25) is 0 Å². The maximum Gasteiger partial charge on any atom is 0.362 e. The molecule has 0 aromatic heterocycles. The highest BCUT2D eigenvalue weighted by Crippen LogP contribution is 2.51. The van der Waals surface area contributed by atoms with Gasteiger partial charge in [-0.25, -0.2) is 0 Å². The van der Waals surface area contributed by atoms with Crippen molar-refractivity contribution in [1.82, 2.24) is 0 Å². The van der Waals surface area contributed by atoms with Gasteiger partial charge < -0.3 is 18.1 Å². The standard InChI is InChI=1S/C11H18O6P2/c1-9-7-6-8-10(18(12,14-2)15-3)11(9)19(13,16-4)17-5/h6-8H,1-5H3. The molecule has 0 heterocycles. The Morgan fingerprint density at radius 3 is 1.74 bits per heavy atom. The van der Waals surface area contributed by atoms with Gasteiger partial charge in [0.1, 0.15) is 0 Å². The maximum atomic E-state index is 12.6. The zero-order valence-corrected chi connectivity index (χ0v) is 13.4. The van der Waals surface area contributed by atoms with E-state index in [9.17, 15) is 9.13 Å². The average Bonchev–Trinajstić information content (AvgIpc) is 2.45. The third kappa shape index (κ3) is 3.00. The molecule has 108 valence electrons. The third-order valence-corrected chi connectivity index (χ3v) is 6.95. The normalized spacial score (nSPS) is 12.7. The van der Waals surface area contributed by atoms with E-state index in [4.69, 9.17) is 18.1 Å². The predicted molar refractivity (Wildman–Crippen MR) is 73.7 cm³/mol. The number of aryl methyl sites for hydroxylation is 1. The van der Waals surface area contributed by atoms with E-state index >= 15 is 0 Å².